The average molecular weight is 324 g/mol. The molecule has 0 aromatic carbocycles. The molecule has 0 bridgehead atoms. The third kappa shape index (κ3) is 3.75. The molecule has 2 rings (SSSR count). The molecule has 0 saturated carbocycles. The van der Waals surface area contributed by atoms with Crippen LogP contribution in [0.2, 0.25) is 19.6 Å². The van der Waals surface area contributed by atoms with Crippen LogP contribution in [0, 0.1) is 11.5 Å². The lowest BCUT2D eigenvalue weighted by Gasteiger charge is -2.14. The average Bonchev–Trinajstić information content (AvgIpc) is 2.77. The molecule has 0 spiro atoms. The van der Waals surface area contributed by atoms with Crippen LogP contribution in [-0.4, -0.2) is 46.7 Å². The third-order valence-corrected chi connectivity index (χ3v) is 4.11. The van der Waals surface area contributed by atoms with Crippen LogP contribution >= 0.6 is 0 Å². The number of H-pyrrole nitrogens is 1. The van der Waals surface area contributed by atoms with Crippen molar-refractivity contribution in [1.82, 2.24) is 9.55 Å². The third-order valence-electron chi connectivity index (χ3n) is 3.23. The summed E-state index contributed by atoms with van der Waals surface area (Å²) < 4.78 is 6.63. The monoisotopic (exact) mass is 324 g/mol. The summed E-state index contributed by atoms with van der Waals surface area (Å²) in [6.45, 7) is 5.81. The molecule has 0 aliphatic carbocycles. The summed E-state index contributed by atoms with van der Waals surface area (Å²) in [5.41, 5.74) is 2.09. The summed E-state index contributed by atoms with van der Waals surface area (Å²) in [7, 11) is -1.66. The summed E-state index contributed by atoms with van der Waals surface area (Å²) in [6.07, 6.45) is -0.807. The van der Waals surface area contributed by atoms with Crippen molar-refractivity contribution in [3.05, 3.63) is 32.6 Å². The van der Waals surface area contributed by atoms with Gasteiger partial charge in [-0.15, -0.1) is 5.54 Å². The Labute approximate surface area is 128 Å². The second kappa shape index (κ2) is 6.22. The van der Waals surface area contributed by atoms with Gasteiger partial charge in [0.05, 0.1) is 12.7 Å². The summed E-state index contributed by atoms with van der Waals surface area (Å²) >= 11 is 0. The molecule has 2 heterocycles. The van der Waals surface area contributed by atoms with Gasteiger partial charge in [-0.2, -0.15) is 0 Å². The van der Waals surface area contributed by atoms with Crippen molar-refractivity contribution in [2.24, 2.45) is 0 Å². The van der Waals surface area contributed by atoms with E-state index in [4.69, 9.17) is 9.84 Å². The molecule has 120 valence electrons. The lowest BCUT2D eigenvalue weighted by atomic mass is 10.2. The Kier molecular flexibility index (Phi) is 4.72. The van der Waals surface area contributed by atoms with Crippen molar-refractivity contribution >= 4 is 8.07 Å². The zero-order valence-corrected chi connectivity index (χ0v) is 13.8. The molecule has 0 unspecified atom stereocenters. The Balaban J connectivity index is 2.39. The van der Waals surface area contributed by atoms with Gasteiger partial charge in [0.15, 0.2) is 0 Å². The minimum absolute atomic E-state index is 0.165. The molecule has 7 nitrogen and oxygen atoms in total. The van der Waals surface area contributed by atoms with Crippen LogP contribution in [0.25, 0.3) is 0 Å². The van der Waals surface area contributed by atoms with E-state index in [1.807, 2.05) is 19.6 Å². The zero-order chi connectivity index (χ0) is 16.5. The fourth-order valence-electron chi connectivity index (χ4n) is 2.09. The van der Waals surface area contributed by atoms with E-state index >= 15 is 0 Å². The molecule has 1 aromatic heterocycles. The maximum atomic E-state index is 11.9. The van der Waals surface area contributed by atoms with Crippen LogP contribution in [0.4, 0.5) is 0 Å². The summed E-state index contributed by atoms with van der Waals surface area (Å²) in [5, 5.41) is 18.8. The summed E-state index contributed by atoms with van der Waals surface area (Å²) in [5.74, 6) is 2.82. The van der Waals surface area contributed by atoms with Crippen LogP contribution in [-0.2, 0) is 4.74 Å². The fraction of sp³-hybridized carbons (Fsp3) is 0.571. The number of hydrogen-bond acceptors (Lipinski definition) is 5. The first-order valence-electron chi connectivity index (χ1n) is 7.04. The number of aliphatic hydroxyl groups excluding tert-OH is 2. The highest BCUT2D eigenvalue weighted by atomic mass is 28.3. The fourth-order valence-corrected chi connectivity index (χ4v) is 2.60. The number of ether oxygens (including phenoxy) is 1. The van der Waals surface area contributed by atoms with E-state index in [-0.39, 0.29) is 18.6 Å². The van der Waals surface area contributed by atoms with Gasteiger partial charge in [-0.1, -0.05) is 25.6 Å². The largest absolute Gasteiger partial charge is 0.394 e. The number of hydrogen-bond donors (Lipinski definition) is 3. The van der Waals surface area contributed by atoms with Gasteiger partial charge in [0, 0.05) is 12.6 Å². The number of aromatic amines is 1. The van der Waals surface area contributed by atoms with E-state index in [9.17, 15) is 14.7 Å². The first-order valence-corrected chi connectivity index (χ1v) is 10.5. The van der Waals surface area contributed by atoms with Gasteiger partial charge in [-0.3, -0.25) is 14.3 Å². The van der Waals surface area contributed by atoms with Gasteiger partial charge in [0.25, 0.3) is 5.56 Å². The predicted octanol–water partition coefficient (Wildman–Crippen LogP) is -0.594. The number of aliphatic hydroxyl groups is 2. The minimum Gasteiger partial charge on any atom is -0.394 e. The lowest BCUT2D eigenvalue weighted by molar-refractivity contribution is -0.0459. The molecule has 3 N–H and O–H groups in total. The zero-order valence-electron chi connectivity index (χ0n) is 12.8. The number of nitrogens with zero attached hydrogens (tertiary/aromatic N) is 1. The molecule has 1 aliphatic rings. The van der Waals surface area contributed by atoms with E-state index in [1.165, 1.54) is 10.8 Å². The molecule has 0 amide bonds. The molecular formula is C14H20N2O5Si. The second-order valence-electron chi connectivity index (χ2n) is 6.32. The van der Waals surface area contributed by atoms with Gasteiger partial charge in [0.1, 0.15) is 26.0 Å². The van der Waals surface area contributed by atoms with E-state index in [2.05, 4.69) is 16.4 Å². The van der Waals surface area contributed by atoms with Crippen molar-refractivity contribution in [1.29, 1.82) is 0 Å². The normalized spacial score (nSPS) is 24.9. The SMILES string of the molecule is C[Si](C)(C)C#Cc1cn([C@H]2C[C@@H](O)[C@@H](CO)O2)c(=O)[nH]c1=O. The molecule has 1 saturated heterocycles. The maximum Gasteiger partial charge on any atom is 0.330 e. The van der Waals surface area contributed by atoms with Crippen LogP contribution in [0.15, 0.2) is 15.8 Å². The van der Waals surface area contributed by atoms with E-state index in [0.717, 1.165) is 0 Å². The Bertz CT molecular complexity index is 722. The standard InChI is InChI=1S/C14H20N2O5Si/c1-22(2,3)5-4-9-7-16(14(20)15-13(9)19)12-6-10(18)11(8-17)21-12/h7,10-12,17-18H,6,8H2,1-3H3,(H,15,19,20)/t10-,11-,12-/m1/s1. The quantitative estimate of drug-likeness (QED) is 0.498. The second-order valence-corrected chi connectivity index (χ2v) is 11.1. The molecule has 8 heteroatoms. The Morgan fingerprint density at radius 3 is 2.68 bits per heavy atom. The van der Waals surface area contributed by atoms with Gasteiger partial charge in [-0.25, -0.2) is 4.79 Å². The van der Waals surface area contributed by atoms with Gasteiger partial charge >= 0.3 is 5.69 Å². The first-order chi connectivity index (χ1) is 10.2. The van der Waals surface area contributed by atoms with Crippen molar-refractivity contribution < 1.29 is 14.9 Å². The first kappa shape index (κ1) is 16.7. The highest BCUT2D eigenvalue weighted by molar-refractivity contribution is 6.83. The molecule has 22 heavy (non-hydrogen) atoms. The van der Waals surface area contributed by atoms with Crippen molar-refractivity contribution in [2.45, 2.75) is 44.5 Å². The number of aromatic nitrogens is 2. The van der Waals surface area contributed by atoms with Gasteiger partial charge in [-0.05, 0) is 0 Å². The Hall–Kier alpha value is -1.66. The van der Waals surface area contributed by atoms with E-state index < -0.39 is 37.8 Å². The molecule has 0 radical (unpaired) electrons. The Morgan fingerprint density at radius 2 is 2.14 bits per heavy atom. The topological polar surface area (TPSA) is 105 Å². The van der Waals surface area contributed by atoms with E-state index in [1.54, 1.807) is 0 Å². The minimum atomic E-state index is -1.66. The van der Waals surface area contributed by atoms with Crippen LogP contribution < -0.4 is 11.2 Å². The van der Waals surface area contributed by atoms with Crippen molar-refractivity contribution in [3.8, 4) is 11.5 Å². The molecular weight excluding hydrogens is 304 g/mol. The van der Waals surface area contributed by atoms with Gasteiger partial charge < -0.3 is 14.9 Å². The van der Waals surface area contributed by atoms with Gasteiger partial charge in [0.2, 0.25) is 0 Å². The smallest absolute Gasteiger partial charge is 0.330 e. The van der Waals surface area contributed by atoms with Crippen molar-refractivity contribution in [2.75, 3.05) is 6.61 Å². The van der Waals surface area contributed by atoms with Crippen LogP contribution in [0.1, 0.15) is 18.2 Å². The summed E-state index contributed by atoms with van der Waals surface area (Å²) in [6, 6.07) is 0. The Morgan fingerprint density at radius 1 is 1.45 bits per heavy atom. The number of nitrogens with one attached hydrogen (secondary N) is 1. The molecule has 3 atom stereocenters. The molecule has 1 fully saturated rings. The highest BCUT2D eigenvalue weighted by Gasteiger charge is 2.35. The maximum absolute atomic E-state index is 11.9. The lowest BCUT2D eigenvalue weighted by Crippen LogP contribution is -2.34. The van der Waals surface area contributed by atoms with Crippen LogP contribution in [0.3, 0.4) is 0 Å². The summed E-state index contributed by atoms with van der Waals surface area (Å²) in [4.78, 5) is 26.0. The highest BCUT2D eigenvalue weighted by Crippen LogP contribution is 2.27. The molecule has 1 aliphatic heterocycles. The number of rotatable bonds is 2. The van der Waals surface area contributed by atoms with Crippen molar-refractivity contribution in [3.63, 3.8) is 0 Å². The predicted molar refractivity (Wildman–Crippen MR) is 83.2 cm³/mol. The van der Waals surface area contributed by atoms with Crippen LogP contribution in [0.5, 0.6) is 0 Å². The molecule has 1 aromatic rings. The van der Waals surface area contributed by atoms with E-state index in [0.29, 0.717) is 0 Å².